The maximum absolute atomic E-state index is 10.1. The van der Waals surface area contributed by atoms with Crippen LogP contribution in [0.5, 0.6) is 0 Å². The standard InChI is InChI=1S/C4H4O2S2.Na/c5-8(6)4-1-2-7-3-4;/h1-3H,(H,5,6);/q;+1/p-1. The number of hydrogen-bond donors (Lipinski definition) is 0. The normalized spacial score (nSPS) is 12.1. The van der Waals surface area contributed by atoms with E-state index in [2.05, 4.69) is 0 Å². The molecule has 44 valence electrons. The van der Waals surface area contributed by atoms with Gasteiger partial charge in [0, 0.05) is 10.3 Å². The van der Waals surface area contributed by atoms with E-state index in [9.17, 15) is 8.76 Å². The van der Waals surface area contributed by atoms with Crippen molar-refractivity contribution in [3.63, 3.8) is 0 Å². The zero-order valence-corrected chi connectivity index (χ0v) is 8.50. The van der Waals surface area contributed by atoms with E-state index in [0.717, 1.165) is 0 Å². The van der Waals surface area contributed by atoms with Crippen LogP contribution in [0.15, 0.2) is 21.7 Å². The van der Waals surface area contributed by atoms with E-state index >= 15 is 0 Å². The second-order valence-electron chi connectivity index (χ2n) is 1.19. The summed E-state index contributed by atoms with van der Waals surface area (Å²) in [6.45, 7) is 0. The van der Waals surface area contributed by atoms with Gasteiger partial charge in [-0.1, -0.05) is 0 Å². The summed E-state index contributed by atoms with van der Waals surface area (Å²) in [6, 6.07) is 1.56. The summed E-state index contributed by atoms with van der Waals surface area (Å²) in [7, 11) is 0. The SMILES string of the molecule is O=S([O-])c1ccsc1.[Na+]. The molecule has 1 unspecified atom stereocenters. The molecule has 0 saturated carbocycles. The van der Waals surface area contributed by atoms with Gasteiger partial charge in [0.1, 0.15) is 0 Å². The molecule has 0 aromatic carbocycles. The van der Waals surface area contributed by atoms with Crippen LogP contribution in [0.25, 0.3) is 0 Å². The van der Waals surface area contributed by atoms with Gasteiger partial charge < -0.3 is 4.55 Å². The van der Waals surface area contributed by atoms with Gasteiger partial charge in [-0.15, -0.1) is 0 Å². The molecule has 0 N–H and O–H groups in total. The van der Waals surface area contributed by atoms with E-state index < -0.39 is 11.1 Å². The molecule has 0 radical (unpaired) electrons. The molecule has 0 aliphatic rings. The second kappa shape index (κ2) is 4.60. The summed E-state index contributed by atoms with van der Waals surface area (Å²) in [5.41, 5.74) is 0. The van der Waals surface area contributed by atoms with Gasteiger partial charge in [0.05, 0.1) is 0 Å². The maximum Gasteiger partial charge on any atom is 1.00 e. The first-order valence-corrected chi connectivity index (χ1v) is 3.94. The molecule has 0 saturated heterocycles. The summed E-state index contributed by atoms with van der Waals surface area (Å²) in [5.74, 6) is 0. The van der Waals surface area contributed by atoms with E-state index in [1.54, 1.807) is 16.8 Å². The zero-order chi connectivity index (χ0) is 5.98. The first kappa shape index (κ1) is 9.81. The van der Waals surface area contributed by atoms with Crippen LogP contribution < -0.4 is 29.6 Å². The van der Waals surface area contributed by atoms with Crippen molar-refractivity contribution in [3.8, 4) is 0 Å². The predicted octanol–water partition coefficient (Wildman–Crippen LogP) is -2.01. The van der Waals surface area contributed by atoms with Crippen molar-refractivity contribution in [1.29, 1.82) is 0 Å². The average Bonchev–Trinajstić information content (AvgIpc) is 2.12. The Morgan fingerprint density at radius 2 is 2.33 bits per heavy atom. The Balaban J connectivity index is 0.000000640. The van der Waals surface area contributed by atoms with Gasteiger partial charge in [-0.25, -0.2) is 0 Å². The van der Waals surface area contributed by atoms with Gasteiger partial charge in [-0.05, 0) is 22.5 Å². The van der Waals surface area contributed by atoms with Crippen LogP contribution in [0, 0.1) is 0 Å². The quantitative estimate of drug-likeness (QED) is 0.361. The van der Waals surface area contributed by atoms with Gasteiger partial charge in [-0.3, -0.25) is 4.21 Å². The van der Waals surface area contributed by atoms with Crippen LogP contribution in [-0.2, 0) is 11.1 Å². The molecule has 0 aliphatic heterocycles. The topological polar surface area (TPSA) is 40.1 Å². The van der Waals surface area contributed by atoms with Crippen molar-refractivity contribution in [2.45, 2.75) is 4.90 Å². The minimum atomic E-state index is -2.04. The Labute approximate surface area is 81.9 Å². The van der Waals surface area contributed by atoms with Crippen LogP contribution >= 0.6 is 11.3 Å². The Hall–Kier alpha value is 0.810. The van der Waals surface area contributed by atoms with E-state index in [0.29, 0.717) is 4.90 Å². The second-order valence-corrected chi connectivity index (χ2v) is 2.91. The fourth-order valence-corrected chi connectivity index (χ4v) is 1.61. The van der Waals surface area contributed by atoms with Crippen molar-refractivity contribution >= 4 is 22.4 Å². The van der Waals surface area contributed by atoms with Gasteiger partial charge in [0.2, 0.25) is 0 Å². The largest absolute Gasteiger partial charge is 1.00 e. The van der Waals surface area contributed by atoms with Crippen molar-refractivity contribution in [3.05, 3.63) is 16.8 Å². The Bertz CT molecular complexity index is 184. The van der Waals surface area contributed by atoms with Crippen LogP contribution in [0.4, 0.5) is 0 Å². The van der Waals surface area contributed by atoms with Crippen molar-refractivity contribution < 1.29 is 38.3 Å². The first-order valence-electron chi connectivity index (χ1n) is 1.92. The van der Waals surface area contributed by atoms with Crippen molar-refractivity contribution in [2.24, 2.45) is 0 Å². The minimum absolute atomic E-state index is 0. The molecule has 1 heterocycles. The van der Waals surface area contributed by atoms with Crippen LogP contribution in [0.2, 0.25) is 0 Å². The van der Waals surface area contributed by atoms with Gasteiger partial charge in [0.25, 0.3) is 0 Å². The summed E-state index contributed by atoms with van der Waals surface area (Å²) < 4.78 is 20.1. The summed E-state index contributed by atoms with van der Waals surface area (Å²) in [5, 5.41) is 3.31. The molecule has 2 nitrogen and oxygen atoms in total. The number of hydrogen-bond acceptors (Lipinski definition) is 3. The molecule has 0 spiro atoms. The molecule has 0 fully saturated rings. The summed E-state index contributed by atoms with van der Waals surface area (Å²) in [6.07, 6.45) is 0. The van der Waals surface area contributed by atoms with E-state index in [1.807, 2.05) is 0 Å². The summed E-state index contributed by atoms with van der Waals surface area (Å²) in [4.78, 5) is 0.370. The van der Waals surface area contributed by atoms with E-state index in [1.165, 1.54) is 11.3 Å². The van der Waals surface area contributed by atoms with E-state index in [-0.39, 0.29) is 29.6 Å². The molecule has 0 aliphatic carbocycles. The Kier molecular flexibility index (Phi) is 5.01. The Morgan fingerprint density at radius 3 is 2.56 bits per heavy atom. The van der Waals surface area contributed by atoms with Gasteiger partial charge in [0.15, 0.2) is 0 Å². The molecule has 1 aromatic rings. The predicted molar refractivity (Wildman–Crippen MR) is 31.5 cm³/mol. The molecule has 1 atom stereocenters. The first-order chi connectivity index (χ1) is 3.80. The third-order valence-electron chi connectivity index (χ3n) is 0.688. The molecular weight excluding hydrogens is 167 g/mol. The monoisotopic (exact) mass is 170 g/mol. The fourth-order valence-electron chi connectivity index (χ4n) is 0.347. The van der Waals surface area contributed by atoms with Crippen LogP contribution in [-0.4, -0.2) is 8.76 Å². The number of thiophene rings is 1. The summed E-state index contributed by atoms with van der Waals surface area (Å²) >= 11 is -0.663. The van der Waals surface area contributed by atoms with Crippen LogP contribution in [0.3, 0.4) is 0 Å². The molecule has 0 amide bonds. The third-order valence-corrected chi connectivity index (χ3v) is 2.16. The van der Waals surface area contributed by atoms with Crippen molar-refractivity contribution in [2.75, 3.05) is 0 Å². The van der Waals surface area contributed by atoms with Crippen molar-refractivity contribution in [1.82, 2.24) is 0 Å². The maximum atomic E-state index is 10.1. The fraction of sp³-hybridized carbons (Fsp3) is 0. The third kappa shape index (κ3) is 2.93. The van der Waals surface area contributed by atoms with E-state index in [4.69, 9.17) is 0 Å². The molecule has 1 aromatic heterocycles. The smallest absolute Gasteiger partial charge is 0.768 e. The van der Waals surface area contributed by atoms with Crippen LogP contribution in [0.1, 0.15) is 0 Å². The molecule has 5 heteroatoms. The zero-order valence-electron chi connectivity index (χ0n) is 4.87. The Morgan fingerprint density at radius 1 is 1.67 bits per heavy atom. The average molecular weight is 170 g/mol. The molecule has 0 bridgehead atoms. The minimum Gasteiger partial charge on any atom is -0.768 e. The molecular formula is C4H3NaO2S2. The van der Waals surface area contributed by atoms with Gasteiger partial charge in [-0.2, -0.15) is 11.3 Å². The number of rotatable bonds is 1. The molecule has 1 rings (SSSR count). The molecule has 9 heavy (non-hydrogen) atoms. The van der Waals surface area contributed by atoms with Gasteiger partial charge >= 0.3 is 29.6 Å².